The Morgan fingerprint density at radius 3 is 2.15 bits per heavy atom. The lowest BCUT2D eigenvalue weighted by Crippen LogP contribution is -2.25. The number of ether oxygens (including phenoxy) is 2. The van der Waals surface area contributed by atoms with Crippen molar-refractivity contribution in [2.45, 2.75) is 12.3 Å². The third kappa shape index (κ3) is 3.95. The summed E-state index contributed by atoms with van der Waals surface area (Å²) in [6, 6.07) is 26.1. The quantitative estimate of drug-likeness (QED) is 0.711. The second-order valence-electron chi connectivity index (χ2n) is 6.49. The summed E-state index contributed by atoms with van der Waals surface area (Å²) in [6.07, 6.45) is 0.824. The summed E-state index contributed by atoms with van der Waals surface area (Å²) in [5, 5.41) is 3.02. The van der Waals surface area contributed by atoms with Gasteiger partial charge >= 0.3 is 0 Å². The molecule has 4 heteroatoms. The normalized spacial score (nSPS) is 12.2. The zero-order chi connectivity index (χ0) is 18.5. The summed E-state index contributed by atoms with van der Waals surface area (Å²) in [5.74, 6) is 1.44. The Morgan fingerprint density at radius 2 is 1.48 bits per heavy atom. The summed E-state index contributed by atoms with van der Waals surface area (Å²) in [7, 11) is 0. The average Bonchev–Trinajstić information content (AvgIpc) is 3.20. The molecule has 1 heterocycles. The molecule has 0 saturated heterocycles. The summed E-state index contributed by atoms with van der Waals surface area (Å²) in [4.78, 5) is 12.5. The molecule has 0 spiro atoms. The fourth-order valence-electron chi connectivity index (χ4n) is 3.37. The van der Waals surface area contributed by atoms with E-state index in [4.69, 9.17) is 9.47 Å². The van der Waals surface area contributed by atoms with Crippen LogP contribution in [0.25, 0.3) is 0 Å². The van der Waals surface area contributed by atoms with Crippen LogP contribution < -0.4 is 14.8 Å². The Morgan fingerprint density at radius 1 is 0.852 bits per heavy atom. The van der Waals surface area contributed by atoms with E-state index in [9.17, 15) is 4.79 Å². The van der Waals surface area contributed by atoms with Crippen molar-refractivity contribution in [2.24, 2.45) is 0 Å². The standard InChI is InChI=1S/C23H21NO3/c25-23(19-11-12-21-22(15-19)27-16-26-21)24-14-13-20(17-7-3-1-4-8-17)18-9-5-2-6-10-18/h1-12,15,20H,13-14,16H2,(H,24,25). The van der Waals surface area contributed by atoms with Gasteiger partial charge in [-0.3, -0.25) is 4.79 Å². The minimum Gasteiger partial charge on any atom is -0.454 e. The van der Waals surface area contributed by atoms with Crippen molar-refractivity contribution in [3.05, 3.63) is 95.6 Å². The predicted molar refractivity (Wildman–Crippen MR) is 104 cm³/mol. The van der Waals surface area contributed by atoms with Crippen molar-refractivity contribution in [3.8, 4) is 11.5 Å². The second-order valence-corrected chi connectivity index (χ2v) is 6.49. The van der Waals surface area contributed by atoms with Crippen LogP contribution in [0.3, 0.4) is 0 Å². The molecular formula is C23H21NO3. The maximum atomic E-state index is 12.5. The van der Waals surface area contributed by atoms with Gasteiger partial charge in [-0.05, 0) is 35.7 Å². The van der Waals surface area contributed by atoms with Crippen molar-refractivity contribution in [3.63, 3.8) is 0 Å². The number of fused-ring (bicyclic) bond motifs is 1. The van der Waals surface area contributed by atoms with Gasteiger partial charge in [0.1, 0.15) is 0 Å². The number of nitrogens with one attached hydrogen (secondary N) is 1. The summed E-state index contributed by atoms with van der Waals surface area (Å²) in [5.41, 5.74) is 3.08. The van der Waals surface area contributed by atoms with Gasteiger partial charge in [0, 0.05) is 18.0 Å². The van der Waals surface area contributed by atoms with Crippen molar-refractivity contribution in [2.75, 3.05) is 13.3 Å². The molecule has 27 heavy (non-hydrogen) atoms. The minimum absolute atomic E-state index is 0.104. The Labute approximate surface area is 158 Å². The zero-order valence-corrected chi connectivity index (χ0v) is 14.9. The Hall–Kier alpha value is -3.27. The molecule has 0 bridgehead atoms. The Bertz CT molecular complexity index is 870. The van der Waals surface area contributed by atoms with Crippen molar-refractivity contribution >= 4 is 5.91 Å². The first-order valence-electron chi connectivity index (χ1n) is 9.09. The monoisotopic (exact) mass is 359 g/mol. The maximum Gasteiger partial charge on any atom is 0.251 e. The van der Waals surface area contributed by atoms with Crippen molar-refractivity contribution in [1.82, 2.24) is 5.32 Å². The van der Waals surface area contributed by atoms with E-state index in [1.165, 1.54) is 11.1 Å². The van der Waals surface area contributed by atoms with Gasteiger partial charge in [-0.1, -0.05) is 60.7 Å². The van der Waals surface area contributed by atoms with Crippen LogP contribution in [0.1, 0.15) is 33.8 Å². The Balaban J connectivity index is 1.43. The van der Waals surface area contributed by atoms with E-state index in [-0.39, 0.29) is 18.6 Å². The van der Waals surface area contributed by atoms with Crippen LogP contribution in [0, 0.1) is 0 Å². The van der Waals surface area contributed by atoms with Gasteiger partial charge in [-0.25, -0.2) is 0 Å². The summed E-state index contributed by atoms with van der Waals surface area (Å²) < 4.78 is 10.6. The molecule has 3 aromatic carbocycles. The van der Waals surface area contributed by atoms with Crippen LogP contribution >= 0.6 is 0 Å². The molecule has 4 rings (SSSR count). The highest BCUT2D eigenvalue weighted by Crippen LogP contribution is 2.32. The number of hydrogen-bond donors (Lipinski definition) is 1. The van der Waals surface area contributed by atoms with Gasteiger partial charge in [-0.2, -0.15) is 0 Å². The molecule has 0 unspecified atom stereocenters. The molecule has 1 aliphatic rings. The van der Waals surface area contributed by atoms with Crippen LogP contribution in [0.5, 0.6) is 11.5 Å². The summed E-state index contributed by atoms with van der Waals surface area (Å²) >= 11 is 0. The van der Waals surface area contributed by atoms with Crippen LogP contribution in [-0.2, 0) is 0 Å². The fraction of sp³-hybridized carbons (Fsp3) is 0.174. The topological polar surface area (TPSA) is 47.6 Å². The van der Waals surface area contributed by atoms with Gasteiger partial charge in [0.15, 0.2) is 11.5 Å². The van der Waals surface area contributed by atoms with E-state index in [1.807, 2.05) is 12.1 Å². The molecule has 1 N–H and O–H groups in total. The maximum absolute atomic E-state index is 12.5. The average molecular weight is 359 g/mol. The van der Waals surface area contributed by atoms with E-state index >= 15 is 0 Å². The number of amides is 1. The first-order chi connectivity index (χ1) is 13.3. The predicted octanol–water partition coefficient (Wildman–Crippen LogP) is 4.37. The summed E-state index contributed by atoms with van der Waals surface area (Å²) in [6.45, 7) is 0.790. The van der Waals surface area contributed by atoms with Crippen molar-refractivity contribution < 1.29 is 14.3 Å². The van der Waals surface area contributed by atoms with Gasteiger partial charge in [0.05, 0.1) is 0 Å². The molecule has 0 aromatic heterocycles. The van der Waals surface area contributed by atoms with Crippen molar-refractivity contribution in [1.29, 1.82) is 0 Å². The van der Waals surface area contributed by atoms with E-state index in [2.05, 4.69) is 53.8 Å². The lowest BCUT2D eigenvalue weighted by molar-refractivity contribution is 0.0952. The van der Waals surface area contributed by atoms with E-state index in [1.54, 1.807) is 18.2 Å². The number of carbonyl (C=O) groups is 1. The van der Waals surface area contributed by atoms with Gasteiger partial charge in [0.2, 0.25) is 6.79 Å². The lowest BCUT2D eigenvalue weighted by Gasteiger charge is -2.18. The third-order valence-corrected chi connectivity index (χ3v) is 4.76. The highest BCUT2D eigenvalue weighted by atomic mass is 16.7. The molecule has 0 aliphatic carbocycles. The highest BCUT2D eigenvalue weighted by molar-refractivity contribution is 5.94. The number of rotatable bonds is 6. The zero-order valence-electron chi connectivity index (χ0n) is 14.9. The minimum atomic E-state index is -0.104. The third-order valence-electron chi connectivity index (χ3n) is 4.76. The lowest BCUT2D eigenvalue weighted by atomic mass is 9.88. The van der Waals surface area contributed by atoms with Gasteiger partial charge in [0.25, 0.3) is 5.91 Å². The SMILES string of the molecule is O=C(NCCC(c1ccccc1)c1ccccc1)c1ccc2c(c1)OCO2. The molecule has 136 valence electrons. The fourth-order valence-corrected chi connectivity index (χ4v) is 3.37. The number of benzene rings is 3. The highest BCUT2D eigenvalue weighted by Gasteiger charge is 2.17. The van der Waals surface area contributed by atoms with E-state index in [0.717, 1.165) is 6.42 Å². The van der Waals surface area contributed by atoms with Crippen LogP contribution in [0.15, 0.2) is 78.9 Å². The molecular weight excluding hydrogens is 338 g/mol. The molecule has 0 atom stereocenters. The molecule has 4 nitrogen and oxygen atoms in total. The number of carbonyl (C=O) groups excluding carboxylic acids is 1. The Kier molecular flexibility index (Phi) is 5.06. The van der Waals surface area contributed by atoms with Gasteiger partial charge < -0.3 is 14.8 Å². The van der Waals surface area contributed by atoms with Crippen LogP contribution in [0.4, 0.5) is 0 Å². The van der Waals surface area contributed by atoms with Crippen LogP contribution in [-0.4, -0.2) is 19.2 Å². The number of hydrogen-bond acceptors (Lipinski definition) is 3. The largest absolute Gasteiger partial charge is 0.454 e. The molecule has 0 radical (unpaired) electrons. The van der Waals surface area contributed by atoms with Gasteiger partial charge in [-0.15, -0.1) is 0 Å². The molecule has 1 amide bonds. The van der Waals surface area contributed by atoms with E-state index < -0.39 is 0 Å². The first-order valence-corrected chi connectivity index (χ1v) is 9.09. The van der Waals surface area contributed by atoms with Crippen LogP contribution in [0.2, 0.25) is 0 Å². The first kappa shape index (κ1) is 17.2. The van der Waals surface area contributed by atoms with E-state index in [0.29, 0.717) is 23.6 Å². The molecule has 3 aromatic rings. The molecule has 0 saturated carbocycles. The molecule has 1 aliphatic heterocycles. The molecule has 0 fully saturated rings. The second kappa shape index (κ2) is 7.96. The smallest absolute Gasteiger partial charge is 0.251 e.